The number of aliphatic hydroxyl groups excluding tert-OH is 1. The number of rotatable bonds is 0. The second-order valence-corrected chi connectivity index (χ2v) is 5.45. The Morgan fingerprint density at radius 1 is 0.650 bits per heavy atom. The summed E-state index contributed by atoms with van der Waals surface area (Å²) in [5, 5.41) is 14.0. The van der Waals surface area contributed by atoms with E-state index in [1.165, 1.54) is 34.4 Å². The summed E-state index contributed by atoms with van der Waals surface area (Å²) >= 11 is 0. The van der Waals surface area contributed by atoms with Gasteiger partial charge >= 0.3 is 0 Å². The lowest BCUT2D eigenvalue weighted by molar-refractivity contribution is 0.183. The highest BCUT2D eigenvalue weighted by Crippen LogP contribution is 2.24. The zero-order chi connectivity index (χ0) is 13.8. The van der Waals surface area contributed by atoms with Crippen LogP contribution in [0, 0.1) is 0 Å². The molecule has 3 aromatic rings. The molecule has 0 unspecified atom stereocenters. The normalized spacial score (nSPS) is 15.2. The Hall–Kier alpha value is -1.86. The topological polar surface area (TPSA) is 20.2 Å². The van der Waals surface area contributed by atoms with Crippen LogP contribution in [0.1, 0.15) is 25.7 Å². The number of hydrogen-bond acceptors (Lipinski definition) is 1. The molecule has 0 aromatic heterocycles. The van der Waals surface area contributed by atoms with Crippen molar-refractivity contribution in [2.24, 2.45) is 0 Å². The van der Waals surface area contributed by atoms with Gasteiger partial charge in [0.2, 0.25) is 0 Å². The fourth-order valence-corrected chi connectivity index (χ4v) is 2.86. The van der Waals surface area contributed by atoms with Crippen LogP contribution in [0.5, 0.6) is 0 Å². The first-order chi connectivity index (χ1) is 9.84. The summed E-state index contributed by atoms with van der Waals surface area (Å²) in [6, 6.07) is 21.4. The van der Waals surface area contributed by atoms with Crippen LogP contribution in [-0.4, -0.2) is 11.2 Å². The van der Waals surface area contributed by atoms with E-state index in [4.69, 9.17) is 5.11 Å². The van der Waals surface area contributed by atoms with Gasteiger partial charge in [-0.25, -0.2) is 0 Å². The molecule has 0 aliphatic heterocycles. The summed E-state index contributed by atoms with van der Waals surface area (Å²) < 4.78 is 0. The van der Waals surface area contributed by atoms with Crippen molar-refractivity contribution >= 4 is 21.5 Å². The Kier molecular flexibility index (Phi) is 3.98. The molecule has 0 spiro atoms. The second kappa shape index (κ2) is 6.06. The highest BCUT2D eigenvalue weighted by atomic mass is 16.3. The van der Waals surface area contributed by atoms with E-state index in [1.807, 2.05) is 0 Å². The molecule has 0 atom stereocenters. The molecule has 102 valence electrons. The third kappa shape index (κ3) is 2.83. The van der Waals surface area contributed by atoms with E-state index in [1.54, 1.807) is 0 Å². The number of aliphatic hydroxyl groups is 1. The van der Waals surface area contributed by atoms with Gasteiger partial charge < -0.3 is 5.11 Å². The predicted octanol–water partition coefficient (Wildman–Crippen LogP) is 4.91. The Bertz CT molecular complexity index is 641. The summed E-state index contributed by atoms with van der Waals surface area (Å²) in [5.74, 6) is 0. The van der Waals surface area contributed by atoms with Crippen LogP contribution in [0.2, 0.25) is 0 Å². The van der Waals surface area contributed by atoms with Crippen molar-refractivity contribution in [3.8, 4) is 0 Å². The third-order valence-corrected chi connectivity index (χ3v) is 3.98. The largest absolute Gasteiger partial charge is 0.393 e. The van der Waals surface area contributed by atoms with E-state index in [2.05, 4.69) is 60.7 Å². The smallest absolute Gasteiger partial charge is 0.0540 e. The molecular formula is C19H20O. The Labute approximate surface area is 119 Å². The molecule has 0 saturated heterocycles. The Morgan fingerprint density at radius 2 is 1.10 bits per heavy atom. The van der Waals surface area contributed by atoms with Crippen molar-refractivity contribution < 1.29 is 5.11 Å². The van der Waals surface area contributed by atoms with Gasteiger partial charge in [0.15, 0.2) is 0 Å². The molecule has 3 aromatic carbocycles. The fraction of sp³-hybridized carbons (Fsp3) is 0.263. The van der Waals surface area contributed by atoms with Crippen LogP contribution < -0.4 is 0 Å². The van der Waals surface area contributed by atoms with Gasteiger partial charge in [0.1, 0.15) is 0 Å². The van der Waals surface area contributed by atoms with E-state index in [-0.39, 0.29) is 6.10 Å². The first kappa shape index (κ1) is 13.1. The SMILES string of the molecule is OC1CCCC1.c1ccc2c(c1)ccc1ccccc12. The van der Waals surface area contributed by atoms with E-state index in [0.29, 0.717) is 0 Å². The molecule has 1 fully saturated rings. The zero-order valence-electron chi connectivity index (χ0n) is 11.6. The number of benzene rings is 3. The minimum Gasteiger partial charge on any atom is -0.393 e. The zero-order valence-corrected chi connectivity index (χ0v) is 11.6. The monoisotopic (exact) mass is 264 g/mol. The number of fused-ring (bicyclic) bond motifs is 3. The maximum Gasteiger partial charge on any atom is 0.0540 e. The van der Waals surface area contributed by atoms with Gasteiger partial charge in [0, 0.05) is 0 Å². The van der Waals surface area contributed by atoms with Crippen molar-refractivity contribution in [2.75, 3.05) is 0 Å². The molecule has 1 aliphatic rings. The van der Waals surface area contributed by atoms with Crippen molar-refractivity contribution in [2.45, 2.75) is 31.8 Å². The second-order valence-electron chi connectivity index (χ2n) is 5.45. The molecule has 20 heavy (non-hydrogen) atoms. The molecule has 0 radical (unpaired) electrons. The number of hydrogen-bond donors (Lipinski definition) is 1. The lowest BCUT2D eigenvalue weighted by Gasteiger charge is -2.02. The van der Waals surface area contributed by atoms with Crippen molar-refractivity contribution in [3.05, 3.63) is 60.7 Å². The van der Waals surface area contributed by atoms with Gasteiger partial charge in [0.25, 0.3) is 0 Å². The fourth-order valence-electron chi connectivity index (χ4n) is 2.86. The first-order valence-electron chi connectivity index (χ1n) is 7.39. The summed E-state index contributed by atoms with van der Waals surface area (Å²) in [4.78, 5) is 0. The quantitative estimate of drug-likeness (QED) is 0.572. The molecule has 1 N–H and O–H groups in total. The molecule has 0 heterocycles. The molecule has 1 saturated carbocycles. The van der Waals surface area contributed by atoms with Crippen LogP contribution >= 0.6 is 0 Å². The van der Waals surface area contributed by atoms with Crippen LogP contribution in [0.25, 0.3) is 21.5 Å². The van der Waals surface area contributed by atoms with Crippen LogP contribution in [0.3, 0.4) is 0 Å². The molecule has 0 amide bonds. The Balaban J connectivity index is 0.000000170. The van der Waals surface area contributed by atoms with Gasteiger partial charge in [-0.2, -0.15) is 0 Å². The highest BCUT2D eigenvalue weighted by Gasteiger charge is 2.09. The molecule has 1 heteroatoms. The first-order valence-corrected chi connectivity index (χ1v) is 7.39. The molecule has 1 nitrogen and oxygen atoms in total. The average molecular weight is 264 g/mol. The third-order valence-electron chi connectivity index (χ3n) is 3.98. The maximum absolute atomic E-state index is 8.73. The van der Waals surface area contributed by atoms with E-state index >= 15 is 0 Å². The Morgan fingerprint density at radius 3 is 1.50 bits per heavy atom. The molecular weight excluding hydrogens is 244 g/mol. The lowest BCUT2D eigenvalue weighted by Crippen LogP contribution is -1.94. The van der Waals surface area contributed by atoms with Crippen LogP contribution in [0.4, 0.5) is 0 Å². The van der Waals surface area contributed by atoms with Crippen LogP contribution in [-0.2, 0) is 0 Å². The molecule has 0 bridgehead atoms. The molecule has 4 rings (SSSR count). The van der Waals surface area contributed by atoms with Gasteiger partial charge in [-0.05, 0) is 34.4 Å². The van der Waals surface area contributed by atoms with Gasteiger partial charge in [0.05, 0.1) is 6.10 Å². The summed E-state index contributed by atoms with van der Waals surface area (Å²) in [6.07, 6.45) is 4.60. The van der Waals surface area contributed by atoms with Gasteiger partial charge in [-0.15, -0.1) is 0 Å². The average Bonchev–Trinajstić information content (AvgIpc) is 2.99. The van der Waals surface area contributed by atoms with Crippen LogP contribution in [0.15, 0.2) is 60.7 Å². The summed E-state index contributed by atoms with van der Waals surface area (Å²) in [5.41, 5.74) is 0. The minimum atomic E-state index is 0.0463. The van der Waals surface area contributed by atoms with Crippen molar-refractivity contribution in [1.82, 2.24) is 0 Å². The minimum absolute atomic E-state index is 0.0463. The van der Waals surface area contributed by atoms with Gasteiger partial charge in [-0.1, -0.05) is 73.5 Å². The van der Waals surface area contributed by atoms with Crippen molar-refractivity contribution in [1.29, 1.82) is 0 Å². The predicted molar refractivity (Wildman–Crippen MR) is 85.9 cm³/mol. The van der Waals surface area contributed by atoms with Gasteiger partial charge in [-0.3, -0.25) is 0 Å². The van der Waals surface area contributed by atoms with E-state index in [0.717, 1.165) is 12.8 Å². The maximum atomic E-state index is 8.73. The van der Waals surface area contributed by atoms with Crippen molar-refractivity contribution in [3.63, 3.8) is 0 Å². The molecule has 1 aliphatic carbocycles. The standard InChI is InChI=1S/C14H10.C5H10O/c1-3-7-13-11(5-1)9-10-12-6-2-4-8-14(12)13;6-5-3-1-2-4-5/h1-10H;5-6H,1-4H2. The summed E-state index contributed by atoms with van der Waals surface area (Å²) in [6.45, 7) is 0. The van der Waals surface area contributed by atoms with E-state index in [9.17, 15) is 0 Å². The lowest BCUT2D eigenvalue weighted by atomic mass is 10.0. The van der Waals surface area contributed by atoms with E-state index < -0.39 is 0 Å². The highest BCUT2D eigenvalue weighted by molar-refractivity contribution is 6.07. The summed E-state index contributed by atoms with van der Waals surface area (Å²) in [7, 11) is 0.